The van der Waals surface area contributed by atoms with Crippen LogP contribution in [0.2, 0.25) is 0 Å². The fraction of sp³-hybridized carbons (Fsp3) is 0.167. The van der Waals surface area contributed by atoms with Gasteiger partial charge in [-0.05, 0) is 48.4 Å². The van der Waals surface area contributed by atoms with Gasteiger partial charge in [0.15, 0.2) is 0 Å². The molecule has 2 aromatic carbocycles. The van der Waals surface area contributed by atoms with Crippen molar-refractivity contribution in [3.05, 3.63) is 72.3 Å². The van der Waals surface area contributed by atoms with Crippen molar-refractivity contribution in [2.24, 2.45) is 0 Å². The number of rotatable bonds is 7. The van der Waals surface area contributed by atoms with E-state index < -0.39 is 10.0 Å². The average molecular weight is 344 g/mol. The summed E-state index contributed by atoms with van der Waals surface area (Å²) >= 11 is 0. The second-order valence-corrected chi connectivity index (χ2v) is 6.94. The number of sulfonamides is 1. The van der Waals surface area contributed by atoms with Gasteiger partial charge in [0, 0.05) is 17.8 Å². The third-order valence-corrected chi connectivity index (χ3v) is 4.88. The van der Waals surface area contributed by atoms with Gasteiger partial charge in [0.05, 0.1) is 4.90 Å². The van der Waals surface area contributed by atoms with Crippen LogP contribution in [-0.4, -0.2) is 20.9 Å². The van der Waals surface area contributed by atoms with Crippen molar-refractivity contribution in [1.29, 1.82) is 0 Å². The van der Waals surface area contributed by atoms with E-state index >= 15 is 0 Å². The first-order valence-electron chi connectivity index (χ1n) is 7.57. The topological polar surface area (TPSA) is 75.3 Å². The summed E-state index contributed by atoms with van der Waals surface area (Å²) in [6, 6.07) is 13.4. The minimum atomic E-state index is -3.59. The van der Waals surface area contributed by atoms with Crippen LogP contribution in [0.5, 0.6) is 0 Å². The van der Waals surface area contributed by atoms with Crippen molar-refractivity contribution in [2.45, 2.75) is 18.2 Å². The first-order chi connectivity index (χ1) is 11.5. The number of benzene rings is 2. The SMILES string of the molecule is C=CCNS(=O)(=O)c1ccc(C(=O)Nc2cccc(CC)c2)cc1. The minimum Gasteiger partial charge on any atom is -0.322 e. The maximum Gasteiger partial charge on any atom is 0.255 e. The molecule has 0 radical (unpaired) electrons. The normalized spacial score (nSPS) is 11.0. The Balaban J connectivity index is 2.12. The van der Waals surface area contributed by atoms with E-state index in [0.29, 0.717) is 11.3 Å². The highest BCUT2D eigenvalue weighted by molar-refractivity contribution is 7.89. The zero-order valence-electron chi connectivity index (χ0n) is 13.5. The summed E-state index contributed by atoms with van der Waals surface area (Å²) in [5, 5.41) is 2.81. The summed E-state index contributed by atoms with van der Waals surface area (Å²) in [6.07, 6.45) is 2.35. The third-order valence-electron chi connectivity index (χ3n) is 3.44. The predicted molar refractivity (Wildman–Crippen MR) is 95.6 cm³/mol. The van der Waals surface area contributed by atoms with E-state index in [2.05, 4.69) is 16.6 Å². The monoisotopic (exact) mass is 344 g/mol. The standard InChI is InChI=1S/C18H20N2O3S/c1-3-12-19-24(22,23)17-10-8-15(9-11-17)18(21)20-16-7-5-6-14(4-2)13-16/h3,5-11,13,19H,1,4,12H2,2H3,(H,20,21). The highest BCUT2D eigenvalue weighted by Gasteiger charge is 2.14. The fourth-order valence-electron chi connectivity index (χ4n) is 2.11. The van der Waals surface area contributed by atoms with Crippen molar-refractivity contribution in [1.82, 2.24) is 4.72 Å². The molecule has 24 heavy (non-hydrogen) atoms. The number of aryl methyl sites for hydroxylation is 1. The minimum absolute atomic E-state index is 0.105. The highest BCUT2D eigenvalue weighted by atomic mass is 32.2. The molecule has 0 bridgehead atoms. The van der Waals surface area contributed by atoms with Crippen LogP contribution in [0, 0.1) is 0 Å². The average Bonchev–Trinajstić information content (AvgIpc) is 2.60. The van der Waals surface area contributed by atoms with Gasteiger partial charge in [-0.2, -0.15) is 0 Å². The molecule has 1 amide bonds. The molecule has 2 aromatic rings. The van der Waals surface area contributed by atoms with E-state index in [9.17, 15) is 13.2 Å². The van der Waals surface area contributed by atoms with E-state index in [0.717, 1.165) is 12.0 Å². The van der Waals surface area contributed by atoms with Gasteiger partial charge >= 0.3 is 0 Å². The number of hydrogen-bond donors (Lipinski definition) is 2. The maximum absolute atomic E-state index is 12.3. The van der Waals surface area contributed by atoms with E-state index in [4.69, 9.17) is 0 Å². The lowest BCUT2D eigenvalue weighted by molar-refractivity contribution is 0.102. The number of amides is 1. The van der Waals surface area contributed by atoms with Crippen LogP contribution in [0.3, 0.4) is 0 Å². The molecule has 5 nitrogen and oxygen atoms in total. The van der Waals surface area contributed by atoms with Crippen LogP contribution in [0.15, 0.2) is 66.1 Å². The van der Waals surface area contributed by atoms with Gasteiger partial charge < -0.3 is 5.32 Å². The largest absolute Gasteiger partial charge is 0.322 e. The van der Waals surface area contributed by atoms with Crippen molar-refractivity contribution in [3.63, 3.8) is 0 Å². The lowest BCUT2D eigenvalue weighted by atomic mass is 10.1. The number of hydrogen-bond acceptors (Lipinski definition) is 3. The zero-order chi connectivity index (χ0) is 17.6. The lowest BCUT2D eigenvalue weighted by Crippen LogP contribution is -2.23. The van der Waals surface area contributed by atoms with E-state index in [-0.39, 0.29) is 17.3 Å². The number of carbonyl (C=O) groups excluding carboxylic acids is 1. The van der Waals surface area contributed by atoms with Crippen LogP contribution < -0.4 is 10.0 Å². The van der Waals surface area contributed by atoms with Gasteiger partial charge in [-0.25, -0.2) is 13.1 Å². The Morgan fingerprint density at radius 1 is 1.17 bits per heavy atom. The molecular formula is C18H20N2O3S. The summed E-state index contributed by atoms with van der Waals surface area (Å²) in [7, 11) is -3.59. The fourth-order valence-corrected chi connectivity index (χ4v) is 3.11. The van der Waals surface area contributed by atoms with Crippen LogP contribution >= 0.6 is 0 Å². The van der Waals surface area contributed by atoms with Gasteiger partial charge in [0.25, 0.3) is 5.91 Å². The molecule has 0 fully saturated rings. The Morgan fingerprint density at radius 2 is 1.88 bits per heavy atom. The second-order valence-electron chi connectivity index (χ2n) is 5.17. The third kappa shape index (κ3) is 4.53. The summed E-state index contributed by atoms with van der Waals surface area (Å²) in [6.45, 7) is 5.66. The summed E-state index contributed by atoms with van der Waals surface area (Å²) in [5.41, 5.74) is 2.23. The number of carbonyl (C=O) groups is 1. The Labute approximate surface area is 142 Å². The van der Waals surface area contributed by atoms with Crippen molar-refractivity contribution in [2.75, 3.05) is 11.9 Å². The number of anilines is 1. The summed E-state index contributed by atoms with van der Waals surface area (Å²) < 4.78 is 26.3. The van der Waals surface area contributed by atoms with Crippen LogP contribution in [0.1, 0.15) is 22.8 Å². The van der Waals surface area contributed by atoms with E-state index in [1.807, 2.05) is 31.2 Å². The molecule has 0 unspecified atom stereocenters. The Morgan fingerprint density at radius 3 is 2.50 bits per heavy atom. The Bertz CT molecular complexity index is 828. The molecule has 0 aliphatic carbocycles. The van der Waals surface area contributed by atoms with Crippen LogP contribution in [-0.2, 0) is 16.4 Å². The van der Waals surface area contributed by atoms with Crippen LogP contribution in [0.25, 0.3) is 0 Å². The molecule has 0 aliphatic rings. The Hall–Kier alpha value is -2.44. The first-order valence-corrected chi connectivity index (χ1v) is 9.05. The molecule has 0 aliphatic heterocycles. The van der Waals surface area contributed by atoms with Crippen LogP contribution in [0.4, 0.5) is 5.69 Å². The predicted octanol–water partition coefficient (Wildman–Crippen LogP) is 2.97. The number of nitrogens with one attached hydrogen (secondary N) is 2. The van der Waals surface area contributed by atoms with Gasteiger partial charge in [-0.15, -0.1) is 6.58 Å². The lowest BCUT2D eigenvalue weighted by Gasteiger charge is -2.08. The molecular weight excluding hydrogens is 324 g/mol. The van der Waals surface area contributed by atoms with E-state index in [1.54, 1.807) is 0 Å². The molecule has 0 aromatic heterocycles. The van der Waals surface area contributed by atoms with Gasteiger partial charge in [0.1, 0.15) is 0 Å². The molecule has 0 saturated heterocycles. The zero-order valence-corrected chi connectivity index (χ0v) is 14.3. The molecule has 0 spiro atoms. The smallest absolute Gasteiger partial charge is 0.255 e. The van der Waals surface area contributed by atoms with Crippen molar-refractivity contribution in [3.8, 4) is 0 Å². The molecule has 2 N–H and O–H groups in total. The molecule has 0 heterocycles. The molecule has 6 heteroatoms. The van der Waals surface area contributed by atoms with E-state index in [1.165, 1.54) is 30.3 Å². The maximum atomic E-state index is 12.3. The van der Waals surface area contributed by atoms with Crippen molar-refractivity contribution < 1.29 is 13.2 Å². The summed E-state index contributed by atoms with van der Waals surface area (Å²) in [4.78, 5) is 12.4. The summed E-state index contributed by atoms with van der Waals surface area (Å²) in [5.74, 6) is -0.286. The quantitative estimate of drug-likeness (QED) is 0.758. The molecule has 126 valence electrons. The molecule has 0 atom stereocenters. The van der Waals surface area contributed by atoms with Crippen molar-refractivity contribution >= 4 is 21.6 Å². The second kappa shape index (κ2) is 7.90. The van der Waals surface area contributed by atoms with Gasteiger partial charge in [-0.1, -0.05) is 25.1 Å². The molecule has 0 saturated carbocycles. The van der Waals surface area contributed by atoms with Gasteiger partial charge in [0.2, 0.25) is 10.0 Å². The first kappa shape index (κ1) is 17.9. The molecule has 2 rings (SSSR count). The highest BCUT2D eigenvalue weighted by Crippen LogP contribution is 2.14. The Kier molecular flexibility index (Phi) is 5.89. The van der Waals surface area contributed by atoms with Gasteiger partial charge in [-0.3, -0.25) is 4.79 Å².